The van der Waals surface area contributed by atoms with Crippen LogP contribution < -0.4 is 16.1 Å². The van der Waals surface area contributed by atoms with Crippen LogP contribution in [0.1, 0.15) is 23.1 Å². The first kappa shape index (κ1) is 19.0. The minimum Gasteiger partial charge on any atom is -0.332 e. The fourth-order valence-electron chi connectivity index (χ4n) is 2.50. The lowest BCUT2D eigenvalue weighted by Gasteiger charge is -2.07. The van der Waals surface area contributed by atoms with Gasteiger partial charge in [0.15, 0.2) is 10.2 Å². The number of nitrogens with zero attached hydrogens (tertiary/aromatic N) is 2. The molecule has 7 heteroatoms. The van der Waals surface area contributed by atoms with Gasteiger partial charge in [-0.05, 0) is 62.8 Å². The van der Waals surface area contributed by atoms with Crippen molar-refractivity contribution in [3.05, 3.63) is 70.7 Å². The monoisotopic (exact) mass is 395 g/mol. The molecule has 1 aromatic heterocycles. The Morgan fingerprint density at radius 2 is 1.78 bits per heavy atom. The molecule has 0 unspecified atom stereocenters. The number of benzene rings is 2. The smallest absolute Gasteiger partial charge is 0.191 e. The number of aromatic nitrogens is 1. The number of nitrogens with one attached hydrogen (secondary N) is 3. The highest BCUT2D eigenvalue weighted by Crippen LogP contribution is 2.26. The molecule has 3 N–H and O–H groups in total. The Hall–Kier alpha value is -2.77. The van der Waals surface area contributed by atoms with E-state index >= 15 is 0 Å². The van der Waals surface area contributed by atoms with Crippen LogP contribution in [0.2, 0.25) is 0 Å². The van der Waals surface area contributed by atoms with Gasteiger partial charge in [0.1, 0.15) is 0 Å². The van der Waals surface area contributed by atoms with Crippen LogP contribution in [-0.4, -0.2) is 15.8 Å². The average Bonchev–Trinajstić information content (AvgIpc) is 3.01. The van der Waals surface area contributed by atoms with Gasteiger partial charge >= 0.3 is 0 Å². The highest BCUT2D eigenvalue weighted by molar-refractivity contribution is 7.80. The lowest BCUT2D eigenvalue weighted by molar-refractivity contribution is 1.04. The number of anilines is 3. The highest BCUT2D eigenvalue weighted by atomic mass is 32.1. The molecule has 138 valence electrons. The zero-order valence-electron chi connectivity index (χ0n) is 15.4. The van der Waals surface area contributed by atoms with Gasteiger partial charge < -0.3 is 10.6 Å². The third-order valence-corrected chi connectivity index (χ3v) is 5.13. The van der Waals surface area contributed by atoms with Crippen molar-refractivity contribution in [2.24, 2.45) is 5.10 Å². The third kappa shape index (κ3) is 5.35. The molecule has 0 atom stereocenters. The number of rotatable bonds is 5. The molecule has 0 aliphatic rings. The second kappa shape index (κ2) is 8.75. The highest BCUT2D eigenvalue weighted by Gasteiger charge is 2.11. The largest absolute Gasteiger partial charge is 0.332 e. The first-order valence-corrected chi connectivity index (χ1v) is 9.71. The van der Waals surface area contributed by atoms with Crippen LogP contribution in [0.15, 0.2) is 59.7 Å². The Balaban J connectivity index is 1.65. The van der Waals surface area contributed by atoms with Crippen molar-refractivity contribution >= 4 is 50.9 Å². The third-order valence-electron chi connectivity index (χ3n) is 3.75. The van der Waals surface area contributed by atoms with Crippen LogP contribution in [0.3, 0.4) is 0 Å². The van der Waals surface area contributed by atoms with Gasteiger partial charge in [-0.3, -0.25) is 5.43 Å². The molecular weight excluding hydrogens is 374 g/mol. The summed E-state index contributed by atoms with van der Waals surface area (Å²) in [4.78, 5) is 5.62. The summed E-state index contributed by atoms with van der Waals surface area (Å²) in [5.41, 5.74) is 7.80. The van der Waals surface area contributed by atoms with E-state index in [1.165, 1.54) is 5.56 Å². The van der Waals surface area contributed by atoms with E-state index in [1.54, 1.807) is 11.3 Å². The van der Waals surface area contributed by atoms with Crippen molar-refractivity contribution in [1.29, 1.82) is 0 Å². The standard InChI is InChI=1S/C20H21N5S2/c1-13-8-7-11-17(12-13)23-20-21-14(2)18(27-20)15(3)24-25-19(26)22-16-9-5-4-6-10-16/h4-12H,1-3H3,(H,21,23)(H2,22,25,26)/b24-15+. The molecule has 2 aromatic carbocycles. The fraction of sp³-hybridized carbons (Fsp3) is 0.150. The van der Waals surface area contributed by atoms with Crippen LogP contribution in [0.4, 0.5) is 16.5 Å². The number of hydrogen-bond donors (Lipinski definition) is 3. The van der Waals surface area contributed by atoms with Gasteiger partial charge in [-0.1, -0.05) is 41.7 Å². The van der Waals surface area contributed by atoms with Crippen LogP contribution in [-0.2, 0) is 0 Å². The van der Waals surface area contributed by atoms with Gasteiger partial charge in [-0.25, -0.2) is 4.98 Å². The molecule has 3 aromatic rings. The Kier molecular flexibility index (Phi) is 6.16. The van der Waals surface area contributed by atoms with E-state index in [-0.39, 0.29) is 0 Å². The van der Waals surface area contributed by atoms with Gasteiger partial charge in [0, 0.05) is 11.4 Å². The van der Waals surface area contributed by atoms with Crippen LogP contribution in [0, 0.1) is 13.8 Å². The molecule has 0 radical (unpaired) electrons. The summed E-state index contributed by atoms with van der Waals surface area (Å²) in [6.45, 7) is 5.99. The second-order valence-electron chi connectivity index (χ2n) is 6.06. The van der Waals surface area contributed by atoms with E-state index in [0.717, 1.165) is 32.8 Å². The lowest BCUT2D eigenvalue weighted by atomic mass is 10.2. The zero-order valence-corrected chi connectivity index (χ0v) is 17.0. The molecule has 1 heterocycles. The van der Waals surface area contributed by atoms with Crippen molar-refractivity contribution in [3.63, 3.8) is 0 Å². The lowest BCUT2D eigenvalue weighted by Crippen LogP contribution is -2.24. The summed E-state index contributed by atoms with van der Waals surface area (Å²) in [5, 5.41) is 12.1. The van der Waals surface area contributed by atoms with E-state index in [2.05, 4.69) is 45.2 Å². The number of thiocarbonyl (C=S) groups is 1. The number of para-hydroxylation sites is 1. The average molecular weight is 396 g/mol. The van der Waals surface area contributed by atoms with Gasteiger partial charge in [-0.15, -0.1) is 0 Å². The van der Waals surface area contributed by atoms with Crippen LogP contribution in [0.25, 0.3) is 0 Å². The number of aryl methyl sites for hydroxylation is 2. The Bertz CT molecular complexity index is 964. The van der Waals surface area contributed by atoms with E-state index in [9.17, 15) is 0 Å². The van der Waals surface area contributed by atoms with Gasteiger partial charge in [0.25, 0.3) is 0 Å². The first-order valence-electron chi connectivity index (χ1n) is 8.49. The molecule has 0 fully saturated rings. The molecule has 0 saturated heterocycles. The van der Waals surface area contributed by atoms with Crippen molar-refractivity contribution in [2.75, 3.05) is 10.6 Å². The summed E-state index contributed by atoms with van der Waals surface area (Å²) in [6, 6.07) is 18.0. The van der Waals surface area contributed by atoms with E-state index in [1.807, 2.05) is 56.3 Å². The van der Waals surface area contributed by atoms with Crippen molar-refractivity contribution in [2.45, 2.75) is 20.8 Å². The van der Waals surface area contributed by atoms with Gasteiger partial charge in [-0.2, -0.15) is 5.10 Å². The van der Waals surface area contributed by atoms with Crippen molar-refractivity contribution in [3.8, 4) is 0 Å². The summed E-state index contributed by atoms with van der Waals surface area (Å²) in [5.74, 6) is 0. The number of hydrogen-bond acceptors (Lipinski definition) is 5. The normalized spacial score (nSPS) is 11.1. The molecule has 0 saturated carbocycles. The first-order chi connectivity index (χ1) is 13.0. The van der Waals surface area contributed by atoms with Gasteiger partial charge in [0.05, 0.1) is 16.3 Å². The predicted octanol–water partition coefficient (Wildman–Crippen LogP) is 5.21. The van der Waals surface area contributed by atoms with E-state index < -0.39 is 0 Å². The molecule has 0 amide bonds. The number of hydrazone groups is 1. The quantitative estimate of drug-likeness (QED) is 0.314. The Morgan fingerprint density at radius 3 is 2.52 bits per heavy atom. The summed E-state index contributed by atoms with van der Waals surface area (Å²) in [7, 11) is 0. The SMILES string of the molecule is C/C(=N\NC(=S)Nc1ccccc1)c1sc(Nc2cccc(C)c2)nc1C. The van der Waals surface area contributed by atoms with E-state index in [0.29, 0.717) is 5.11 Å². The van der Waals surface area contributed by atoms with Crippen LogP contribution in [0.5, 0.6) is 0 Å². The summed E-state index contributed by atoms with van der Waals surface area (Å²) in [6.07, 6.45) is 0. The number of thiazole rings is 1. The minimum atomic E-state index is 0.445. The molecular formula is C20H21N5S2. The summed E-state index contributed by atoms with van der Waals surface area (Å²) < 4.78 is 0. The fourth-order valence-corrected chi connectivity index (χ4v) is 3.59. The molecule has 0 spiro atoms. The predicted molar refractivity (Wildman–Crippen MR) is 119 cm³/mol. The topological polar surface area (TPSA) is 61.3 Å². The second-order valence-corrected chi connectivity index (χ2v) is 7.46. The zero-order chi connectivity index (χ0) is 19.2. The molecule has 0 bridgehead atoms. The molecule has 5 nitrogen and oxygen atoms in total. The summed E-state index contributed by atoms with van der Waals surface area (Å²) >= 11 is 6.85. The molecule has 0 aliphatic heterocycles. The molecule has 0 aliphatic carbocycles. The van der Waals surface area contributed by atoms with Crippen molar-refractivity contribution in [1.82, 2.24) is 10.4 Å². The van der Waals surface area contributed by atoms with Gasteiger partial charge in [0.2, 0.25) is 0 Å². The minimum absolute atomic E-state index is 0.445. The van der Waals surface area contributed by atoms with Crippen LogP contribution >= 0.6 is 23.6 Å². The van der Waals surface area contributed by atoms with Crippen molar-refractivity contribution < 1.29 is 0 Å². The maximum absolute atomic E-state index is 5.29. The Labute approximate surface area is 168 Å². The molecule has 27 heavy (non-hydrogen) atoms. The maximum Gasteiger partial charge on any atom is 0.191 e. The molecule has 3 rings (SSSR count). The van der Waals surface area contributed by atoms with E-state index in [4.69, 9.17) is 12.2 Å². The Morgan fingerprint density at radius 1 is 1.04 bits per heavy atom. The maximum atomic E-state index is 5.29.